The lowest BCUT2D eigenvalue weighted by Crippen LogP contribution is -2.13. The van der Waals surface area contributed by atoms with Crippen LogP contribution < -0.4 is 10.3 Å². The predicted octanol–water partition coefficient (Wildman–Crippen LogP) is 8.95. The number of alkyl halides is 3. The lowest BCUT2D eigenvalue weighted by atomic mass is 10.0. The van der Waals surface area contributed by atoms with Crippen LogP contribution in [0.5, 0.6) is 0 Å². The maximum absolute atomic E-state index is 12.8. The second-order valence-electron chi connectivity index (χ2n) is 11.8. The van der Waals surface area contributed by atoms with Crippen LogP contribution in [0.2, 0.25) is 0 Å². The number of hydrogen-bond donors (Lipinski definition) is 2. The molecule has 0 fully saturated rings. The van der Waals surface area contributed by atoms with E-state index in [1.807, 2.05) is 60.7 Å². The van der Waals surface area contributed by atoms with Gasteiger partial charge in [-0.2, -0.15) is 13.2 Å². The van der Waals surface area contributed by atoms with E-state index in [9.17, 15) is 21.6 Å². The molecule has 268 valence electrons. The molecular formula is C40H28F3N7O2S2. The molecule has 0 aliphatic heterocycles. The molecular weight excluding hydrogens is 732 g/mol. The molecule has 0 amide bonds. The molecule has 0 unspecified atom stereocenters. The first-order valence-electron chi connectivity index (χ1n) is 16.2. The minimum atomic E-state index is -4.36. The zero-order valence-corrected chi connectivity index (χ0v) is 29.6. The summed E-state index contributed by atoms with van der Waals surface area (Å²) in [5.74, 6) is 0. The van der Waals surface area contributed by atoms with Crippen LogP contribution in [0.15, 0.2) is 156 Å². The van der Waals surface area contributed by atoms with Crippen molar-refractivity contribution in [2.75, 3.05) is 0 Å². The Morgan fingerprint density at radius 3 is 1.78 bits per heavy atom. The maximum Gasteiger partial charge on any atom is 0.416 e. The van der Waals surface area contributed by atoms with Crippen LogP contribution in [0.25, 0.3) is 66.8 Å². The molecule has 9 nitrogen and oxygen atoms in total. The number of aromatic nitrogens is 5. The number of nitrogens with zero attached hydrogens (tertiary/aromatic N) is 5. The maximum atomic E-state index is 12.8. The Kier molecular flexibility index (Phi) is 10.2. The largest absolute Gasteiger partial charge is 0.416 e. The van der Waals surface area contributed by atoms with Gasteiger partial charge in [0.2, 0.25) is 10.0 Å². The van der Waals surface area contributed by atoms with E-state index in [0.717, 1.165) is 62.4 Å². The van der Waals surface area contributed by atoms with Crippen molar-refractivity contribution in [3.63, 3.8) is 0 Å². The summed E-state index contributed by atoms with van der Waals surface area (Å²) in [7, 11) is -3.86. The topological polar surface area (TPSA) is 151 Å². The number of hydrogen-bond acceptors (Lipinski definition) is 9. The summed E-state index contributed by atoms with van der Waals surface area (Å²) in [5.41, 5.74) is 7.87. The normalized spacial score (nSPS) is 11.6. The van der Waals surface area contributed by atoms with Crippen LogP contribution in [-0.4, -0.2) is 33.3 Å². The summed E-state index contributed by atoms with van der Waals surface area (Å²) < 4.78 is 62.4. The van der Waals surface area contributed by atoms with Crippen molar-refractivity contribution in [3.05, 3.63) is 152 Å². The second-order valence-corrected chi connectivity index (χ2v) is 14.1. The van der Waals surface area contributed by atoms with Gasteiger partial charge in [-0.3, -0.25) is 20.1 Å². The molecule has 54 heavy (non-hydrogen) atoms. The van der Waals surface area contributed by atoms with Gasteiger partial charge in [0.15, 0.2) is 0 Å². The van der Waals surface area contributed by atoms with E-state index in [4.69, 9.17) is 20.2 Å². The smallest absolute Gasteiger partial charge is 0.274 e. The highest BCUT2D eigenvalue weighted by Gasteiger charge is 2.30. The van der Waals surface area contributed by atoms with Crippen molar-refractivity contribution in [3.8, 4) is 44.8 Å². The Labute approximate surface area is 312 Å². The predicted molar refractivity (Wildman–Crippen MR) is 205 cm³/mol. The van der Waals surface area contributed by atoms with Crippen LogP contribution in [0.4, 0.5) is 13.2 Å². The Morgan fingerprint density at radius 1 is 0.574 bits per heavy atom. The molecule has 0 aliphatic rings. The molecule has 0 atom stereocenters. The van der Waals surface area contributed by atoms with Gasteiger partial charge in [0.25, 0.3) is 0 Å². The highest BCUT2D eigenvalue weighted by atomic mass is 32.2. The van der Waals surface area contributed by atoms with E-state index >= 15 is 0 Å². The molecule has 0 aliphatic carbocycles. The Hall–Kier alpha value is -6.06. The lowest BCUT2D eigenvalue weighted by Gasteiger charge is -2.10. The minimum Gasteiger partial charge on any atom is -0.274 e. The van der Waals surface area contributed by atoms with Gasteiger partial charge in [0, 0.05) is 51.9 Å². The molecule has 5 aromatic heterocycles. The van der Waals surface area contributed by atoms with Crippen LogP contribution >= 0.6 is 11.9 Å². The van der Waals surface area contributed by atoms with E-state index in [1.165, 1.54) is 18.2 Å². The summed E-state index contributed by atoms with van der Waals surface area (Å²) in [5, 5.41) is 11.0. The first kappa shape index (κ1) is 36.3. The standard InChI is InChI=1S/C21H14F3N3S.C19H14N4O2S/c22-21(23,24)15-6-4-13(5-7-15)17-10-11-26-19-9-8-18(27-20(17)19)14-2-1-3-16(12-14)28-25;20-26(24,25)18-4-2-1-3-15(18)16-5-6-17-19(23-16)14(9-12-22-17)13-7-10-21-11-8-13/h1-12H,25H2;1-12H,(H2,20,24,25). The summed E-state index contributed by atoms with van der Waals surface area (Å²) >= 11 is 1.15. The zero-order chi connectivity index (χ0) is 37.9. The number of sulfonamides is 1. The van der Waals surface area contributed by atoms with Gasteiger partial charge in [-0.1, -0.05) is 42.5 Å². The fraction of sp³-hybridized carbons (Fsp3) is 0.0250. The molecule has 0 radical (unpaired) electrons. The number of halogens is 3. The molecule has 0 saturated heterocycles. The summed E-state index contributed by atoms with van der Waals surface area (Å²) in [6.07, 6.45) is 2.40. The third-order valence-corrected chi connectivity index (χ3v) is 9.91. The fourth-order valence-corrected chi connectivity index (χ4v) is 6.95. The van der Waals surface area contributed by atoms with Gasteiger partial charge in [-0.25, -0.2) is 23.5 Å². The van der Waals surface area contributed by atoms with Gasteiger partial charge < -0.3 is 0 Å². The number of rotatable bonds is 6. The number of fused-ring (bicyclic) bond motifs is 2. The Bertz CT molecular complexity index is 2730. The molecule has 5 heterocycles. The summed E-state index contributed by atoms with van der Waals surface area (Å²) in [6, 6.07) is 34.0. The minimum absolute atomic E-state index is 0.0428. The van der Waals surface area contributed by atoms with Gasteiger partial charge >= 0.3 is 6.18 Å². The summed E-state index contributed by atoms with van der Waals surface area (Å²) in [4.78, 5) is 23.1. The molecule has 0 spiro atoms. The second kappa shape index (κ2) is 15.1. The van der Waals surface area contributed by atoms with Gasteiger partial charge in [0.05, 0.1) is 43.9 Å². The molecule has 8 aromatic rings. The average Bonchev–Trinajstić information content (AvgIpc) is 3.20. The lowest BCUT2D eigenvalue weighted by molar-refractivity contribution is -0.137. The first-order chi connectivity index (χ1) is 26.0. The van der Waals surface area contributed by atoms with Gasteiger partial charge in [-0.05, 0) is 102 Å². The Balaban J connectivity index is 0.000000167. The van der Waals surface area contributed by atoms with Crippen molar-refractivity contribution >= 4 is 44.0 Å². The van der Waals surface area contributed by atoms with Crippen molar-refractivity contribution in [2.24, 2.45) is 10.3 Å². The molecule has 0 bridgehead atoms. The van der Waals surface area contributed by atoms with E-state index in [1.54, 1.807) is 55.1 Å². The van der Waals surface area contributed by atoms with Crippen molar-refractivity contribution in [1.82, 2.24) is 24.9 Å². The molecule has 3 aromatic carbocycles. The van der Waals surface area contributed by atoms with Crippen molar-refractivity contribution < 1.29 is 21.6 Å². The number of pyridine rings is 5. The van der Waals surface area contributed by atoms with Crippen LogP contribution in [0.3, 0.4) is 0 Å². The van der Waals surface area contributed by atoms with Gasteiger partial charge in [-0.15, -0.1) is 0 Å². The monoisotopic (exact) mass is 759 g/mol. The Morgan fingerprint density at radius 2 is 1.17 bits per heavy atom. The third kappa shape index (κ3) is 7.82. The fourth-order valence-electron chi connectivity index (χ4n) is 5.85. The van der Waals surface area contributed by atoms with Crippen LogP contribution in [0, 0.1) is 0 Å². The van der Waals surface area contributed by atoms with Crippen molar-refractivity contribution in [2.45, 2.75) is 16.0 Å². The number of benzene rings is 3. The highest BCUT2D eigenvalue weighted by Crippen LogP contribution is 2.34. The summed E-state index contributed by atoms with van der Waals surface area (Å²) in [6.45, 7) is 0. The molecule has 14 heteroatoms. The van der Waals surface area contributed by atoms with E-state index in [0.29, 0.717) is 33.4 Å². The van der Waals surface area contributed by atoms with Gasteiger partial charge in [0.1, 0.15) is 0 Å². The van der Waals surface area contributed by atoms with E-state index in [-0.39, 0.29) is 4.90 Å². The van der Waals surface area contributed by atoms with Crippen molar-refractivity contribution in [1.29, 1.82) is 0 Å². The average molecular weight is 760 g/mol. The molecule has 0 saturated carbocycles. The highest BCUT2D eigenvalue weighted by molar-refractivity contribution is 7.97. The third-order valence-electron chi connectivity index (χ3n) is 8.42. The van der Waals surface area contributed by atoms with Crippen LogP contribution in [0.1, 0.15) is 5.56 Å². The number of nitrogens with two attached hydrogens (primary N) is 2. The van der Waals surface area contributed by atoms with Crippen LogP contribution in [-0.2, 0) is 16.2 Å². The zero-order valence-electron chi connectivity index (χ0n) is 28.0. The first-order valence-corrected chi connectivity index (χ1v) is 18.6. The number of primary sulfonamides is 1. The quantitative estimate of drug-likeness (QED) is 0.158. The van der Waals surface area contributed by atoms with E-state index < -0.39 is 21.8 Å². The molecule has 4 N–H and O–H groups in total. The SMILES string of the molecule is NS(=O)(=O)c1ccccc1-c1ccc2nccc(-c3ccncc3)c2n1.NSc1cccc(-c2ccc3nccc(-c4ccc(C(F)(F)F)cc4)c3n2)c1. The molecule has 8 rings (SSSR count). The van der Waals surface area contributed by atoms with E-state index in [2.05, 4.69) is 15.0 Å².